The van der Waals surface area contributed by atoms with Crippen molar-refractivity contribution in [3.8, 4) is 0 Å². The molecule has 1 fully saturated rings. The molecule has 3 amide bonds. The maximum absolute atomic E-state index is 12.4. The number of nitrogens with zero attached hydrogens (tertiary/aromatic N) is 1. The van der Waals surface area contributed by atoms with Gasteiger partial charge in [0.15, 0.2) is 0 Å². The van der Waals surface area contributed by atoms with E-state index < -0.39 is 6.04 Å². The van der Waals surface area contributed by atoms with Crippen LogP contribution >= 0.6 is 15.9 Å². The minimum atomic E-state index is -0.691. The molecule has 5 nitrogen and oxygen atoms in total. The molecule has 0 aromatic heterocycles. The number of hydrogen-bond donors (Lipinski definition) is 1. The van der Waals surface area contributed by atoms with E-state index in [0.29, 0.717) is 24.1 Å². The summed E-state index contributed by atoms with van der Waals surface area (Å²) in [4.78, 5) is 38.0. The lowest BCUT2D eigenvalue weighted by atomic mass is 10.1. The summed E-state index contributed by atoms with van der Waals surface area (Å²) in [6, 6.07) is 4.28. The smallest absolute Gasteiger partial charge is 0.262 e. The van der Waals surface area contributed by atoms with Gasteiger partial charge in [-0.1, -0.05) is 15.9 Å². The highest BCUT2D eigenvalue weighted by molar-refractivity contribution is 9.10. The van der Waals surface area contributed by atoms with Crippen molar-refractivity contribution in [2.24, 2.45) is 0 Å². The van der Waals surface area contributed by atoms with E-state index in [4.69, 9.17) is 0 Å². The normalized spacial score (nSPS) is 22.6. The zero-order valence-corrected chi connectivity index (χ0v) is 12.3. The fourth-order valence-electron chi connectivity index (χ4n) is 2.68. The molecule has 0 saturated carbocycles. The molecule has 0 radical (unpaired) electrons. The van der Waals surface area contributed by atoms with E-state index in [1.165, 1.54) is 0 Å². The van der Waals surface area contributed by atoms with E-state index in [2.05, 4.69) is 21.2 Å². The lowest BCUT2D eigenvalue weighted by Gasteiger charge is -2.23. The van der Waals surface area contributed by atoms with Crippen LogP contribution in [0.5, 0.6) is 0 Å². The lowest BCUT2D eigenvalue weighted by molar-refractivity contribution is -0.124. The molecule has 1 aromatic carbocycles. The van der Waals surface area contributed by atoms with Crippen molar-refractivity contribution in [2.45, 2.75) is 25.3 Å². The first-order valence-electron chi connectivity index (χ1n) is 6.55. The number of benzene rings is 1. The van der Waals surface area contributed by atoms with E-state index in [1.54, 1.807) is 18.2 Å². The second-order valence-corrected chi connectivity index (χ2v) is 5.89. The van der Waals surface area contributed by atoms with Crippen LogP contribution < -0.4 is 5.32 Å². The number of carbonyl (C=O) groups is 3. The van der Waals surface area contributed by atoms with Crippen LogP contribution in [0.25, 0.3) is 0 Å². The standard InChI is InChI=1S/C14H13BrN2O3/c15-8-4-5-9-10(7-8)14(20)17(13(9)19)11-3-1-2-6-16-12(11)18/h4-5,7,11H,1-3,6H2,(H,16,18)/t11-/m0/s1. The second kappa shape index (κ2) is 5.01. The third-order valence-electron chi connectivity index (χ3n) is 3.70. The summed E-state index contributed by atoms with van der Waals surface area (Å²) in [5.41, 5.74) is 0.733. The maximum Gasteiger partial charge on any atom is 0.262 e. The van der Waals surface area contributed by atoms with Gasteiger partial charge in [0.2, 0.25) is 5.91 Å². The molecule has 104 valence electrons. The van der Waals surface area contributed by atoms with Crippen LogP contribution in [0.2, 0.25) is 0 Å². The van der Waals surface area contributed by atoms with Gasteiger partial charge in [-0.05, 0) is 37.5 Å². The largest absolute Gasteiger partial charge is 0.354 e. The summed E-state index contributed by atoms with van der Waals surface area (Å²) in [6.45, 7) is 0.601. The van der Waals surface area contributed by atoms with Crippen molar-refractivity contribution in [3.05, 3.63) is 33.8 Å². The highest BCUT2D eigenvalue weighted by Crippen LogP contribution is 2.29. The number of carbonyl (C=O) groups excluding carboxylic acids is 3. The number of amides is 3. The molecule has 0 spiro atoms. The summed E-state index contributed by atoms with van der Waals surface area (Å²) in [5.74, 6) is -0.996. The maximum atomic E-state index is 12.4. The molecule has 20 heavy (non-hydrogen) atoms. The molecular formula is C14H13BrN2O3. The number of fused-ring (bicyclic) bond motifs is 1. The van der Waals surface area contributed by atoms with Gasteiger partial charge in [-0.15, -0.1) is 0 Å². The van der Waals surface area contributed by atoms with Crippen molar-refractivity contribution in [3.63, 3.8) is 0 Å². The Kier molecular flexibility index (Phi) is 3.33. The summed E-state index contributed by atoms with van der Waals surface area (Å²) >= 11 is 3.29. The number of halogens is 1. The topological polar surface area (TPSA) is 66.5 Å². The molecule has 2 heterocycles. The Bertz CT molecular complexity index is 614. The molecule has 1 atom stereocenters. The molecule has 2 aliphatic heterocycles. The second-order valence-electron chi connectivity index (χ2n) is 4.97. The average Bonchev–Trinajstić information content (AvgIpc) is 2.57. The van der Waals surface area contributed by atoms with Gasteiger partial charge >= 0.3 is 0 Å². The van der Waals surface area contributed by atoms with Crippen molar-refractivity contribution in [2.75, 3.05) is 6.54 Å². The van der Waals surface area contributed by atoms with Gasteiger partial charge in [-0.3, -0.25) is 19.3 Å². The van der Waals surface area contributed by atoms with Crippen molar-refractivity contribution in [1.82, 2.24) is 10.2 Å². The van der Waals surface area contributed by atoms with Crippen LogP contribution in [-0.2, 0) is 4.79 Å². The van der Waals surface area contributed by atoms with Crippen LogP contribution in [0.4, 0.5) is 0 Å². The van der Waals surface area contributed by atoms with Gasteiger partial charge in [0.25, 0.3) is 11.8 Å². The van der Waals surface area contributed by atoms with Gasteiger partial charge in [-0.25, -0.2) is 0 Å². The zero-order valence-electron chi connectivity index (χ0n) is 10.7. The van der Waals surface area contributed by atoms with Crippen LogP contribution in [0.1, 0.15) is 40.0 Å². The summed E-state index contributed by atoms with van der Waals surface area (Å²) in [5, 5.41) is 2.76. The average molecular weight is 337 g/mol. The molecular weight excluding hydrogens is 324 g/mol. The minimum Gasteiger partial charge on any atom is -0.354 e. The lowest BCUT2D eigenvalue weighted by Crippen LogP contribution is -2.48. The predicted molar refractivity (Wildman–Crippen MR) is 75.3 cm³/mol. The Morgan fingerprint density at radius 1 is 1.10 bits per heavy atom. The molecule has 1 saturated heterocycles. The van der Waals surface area contributed by atoms with Crippen molar-refractivity contribution >= 4 is 33.7 Å². The van der Waals surface area contributed by atoms with Gasteiger partial charge in [-0.2, -0.15) is 0 Å². The molecule has 6 heteroatoms. The van der Waals surface area contributed by atoms with Gasteiger partial charge in [0.1, 0.15) is 6.04 Å². The Hall–Kier alpha value is -1.69. The summed E-state index contributed by atoms with van der Waals surface area (Å²) in [7, 11) is 0. The third kappa shape index (κ3) is 2.04. The van der Waals surface area contributed by atoms with Gasteiger partial charge < -0.3 is 5.32 Å². The highest BCUT2D eigenvalue weighted by Gasteiger charge is 2.42. The Morgan fingerprint density at radius 3 is 2.65 bits per heavy atom. The Balaban J connectivity index is 1.98. The van der Waals surface area contributed by atoms with Crippen LogP contribution in [0.15, 0.2) is 22.7 Å². The summed E-state index contributed by atoms with van der Waals surface area (Å²) < 4.78 is 0.740. The first kappa shape index (κ1) is 13.3. The van der Waals surface area contributed by atoms with Crippen LogP contribution in [0.3, 0.4) is 0 Å². The van der Waals surface area contributed by atoms with E-state index in [9.17, 15) is 14.4 Å². The first-order chi connectivity index (χ1) is 9.59. The summed E-state index contributed by atoms with van der Waals surface area (Å²) in [6.07, 6.45) is 2.22. The molecule has 0 unspecified atom stereocenters. The first-order valence-corrected chi connectivity index (χ1v) is 7.34. The molecule has 3 rings (SSSR count). The Morgan fingerprint density at radius 2 is 1.85 bits per heavy atom. The molecule has 1 N–H and O–H groups in total. The van der Waals surface area contributed by atoms with Crippen molar-refractivity contribution in [1.29, 1.82) is 0 Å². The zero-order chi connectivity index (χ0) is 14.3. The predicted octanol–water partition coefficient (Wildman–Crippen LogP) is 1.71. The Labute approximate surface area is 124 Å². The van der Waals surface area contributed by atoms with E-state index in [0.717, 1.165) is 22.2 Å². The molecule has 0 bridgehead atoms. The van der Waals surface area contributed by atoms with Crippen LogP contribution in [0, 0.1) is 0 Å². The van der Waals surface area contributed by atoms with E-state index in [-0.39, 0.29) is 17.7 Å². The fourth-order valence-corrected chi connectivity index (χ4v) is 3.05. The monoisotopic (exact) mass is 336 g/mol. The van der Waals surface area contributed by atoms with Gasteiger partial charge in [0.05, 0.1) is 11.1 Å². The highest BCUT2D eigenvalue weighted by atomic mass is 79.9. The molecule has 1 aromatic rings. The quantitative estimate of drug-likeness (QED) is 0.794. The SMILES string of the molecule is O=C1NCCCC[C@@H]1N1C(=O)c2ccc(Br)cc2C1=O. The van der Waals surface area contributed by atoms with E-state index in [1.807, 2.05) is 0 Å². The third-order valence-corrected chi connectivity index (χ3v) is 4.19. The fraction of sp³-hybridized carbons (Fsp3) is 0.357. The number of imide groups is 1. The van der Waals surface area contributed by atoms with Gasteiger partial charge in [0, 0.05) is 11.0 Å². The number of hydrogen-bond acceptors (Lipinski definition) is 3. The molecule has 2 aliphatic rings. The molecule has 0 aliphatic carbocycles. The van der Waals surface area contributed by atoms with Crippen LogP contribution in [-0.4, -0.2) is 35.2 Å². The van der Waals surface area contributed by atoms with E-state index >= 15 is 0 Å². The number of nitrogens with one attached hydrogen (secondary N) is 1. The number of rotatable bonds is 1. The van der Waals surface area contributed by atoms with Crippen molar-refractivity contribution < 1.29 is 14.4 Å². The minimum absolute atomic E-state index is 0.240.